The van der Waals surface area contributed by atoms with Crippen LogP contribution in [0.3, 0.4) is 0 Å². The minimum atomic E-state index is -4.71. The van der Waals surface area contributed by atoms with Gasteiger partial charge in [0, 0.05) is 11.6 Å². The van der Waals surface area contributed by atoms with E-state index in [1.54, 1.807) is 30.3 Å². The second-order valence-corrected chi connectivity index (χ2v) is 6.61. The van der Waals surface area contributed by atoms with Crippen molar-refractivity contribution in [3.8, 4) is 28.4 Å². The van der Waals surface area contributed by atoms with Crippen LogP contribution in [0.15, 0.2) is 54.6 Å². The second-order valence-electron chi connectivity index (χ2n) is 5.79. The van der Waals surface area contributed by atoms with Crippen LogP contribution in [0.25, 0.3) is 11.1 Å². The molecule has 3 aromatic rings. The zero-order valence-electron chi connectivity index (χ0n) is 14.2. The number of rotatable bonds is 4. The number of halogens is 5. The van der Waals surface area contributed by atoms with E-state index >= 15 is 0 Å². The first-order valence-electron chi connectivity index (χ1n) is 7.89. The minimum Gasteiger partial charge on any atom is -0.502 e. The average molecular weight is 444 g/mol. The third kappa shape index (κ3) is 4.23. The van der Waals surface area contributed by atoms with Crippen LogP contribution in [-0.4, -0.2) is 10.0 Å². The van der Waals surface area contributed by atoms with Gasteiger partial charge in [0.1, 0.15) is 11.5 Å². The maximum atomic E-state index is 13.0. The molecule has 0 aliphatic rings. The van der Waals surface area contributed by atoms with Gasteiger partial charge in [-0.3, -0.25) is 10.1 Å². The number of ether oxygens (including phenoxy) is 1. The molecule has 10 heteroatoms. The fourth-order valence-electron chi connectivity index (χ4n) is 2.63. The molecule has 1 N–H and O–H groups in total. The Hall–Kier alpha value is -2.97. The van der Waals surface area contributed by atoms with Crippen LogP contribution in [0.4, 0.5) is 18.9 Å². The Labute approximate surface area is 172 Å². The summed E-state index contributed by atoms with van der Waals surface area (Å²) in [5.41, 5.74) is -2.32. The Balaban J connectivity index is 2.27. The van der Waals surface area contributed by atoms with Crippen molar-refractivity contribution in [3.63, 3.8) is 0 Å². The Morgan fingerprint density at radius 1 is 0.966 bits per heavy atom. The van der Waals surface area contributed by atoms with Gasteiger partial charge in [0.05, 0.1) is 26.1 Å². The Morgan fingerprint density at radius 2 is 1.55 bits per heavy atom. The van der Waals surface area contributed by atoms with Crippen LogP contribution >= 0.6 is 23.2 Å². The zero-order valence-corrected chi connectivity index (χ0v) is 15.7. The first kappa shape index (κ1) is 20.8. The highest BCUT2D eigenvalue weighted by Crippen LogP contribution is 2.50. The lowest BCUT2D eigenvalue weighted by Gasteiger charge is -2.17. The van der Waals surface area contributed by atoms with Crippen LogP contribution in [0.1, 0.15) is 5.56 Å². The summed E-state index contributed by atoms with van der Waals surface area (Å²) in [5.74, 6) is -0.601. The van der Waals surface area contributed by atoms with Gasteiger partial charge < -0.3 is 9.84 Å². The van der Waals surface area contributed by atoms with E-state index in [0.717, 1.165) is 6.07 Å². The summed E-state index contributed by atoms with van der Waals surface area (Å²) >= 11 is 12.1. The first-order valence-corrected chi connectivity index (χ1v) is 8.65. The van der Waals surface area contributed by atoms with Gasteiger partial charge in [0.2, 0.25) is 5.75 Å². The van der Waals surface area contributed by atoms with Crippen molar-refractivity contribution < 1.29 is 27.9 Å². The number of nitrogens with zero attached hydrogens (tertiary/aromatic N) is 1. The molecule has 0 aromatic heterocycles. The van der Waals surface area contributed by atoms with Gasteiger partial charge in [0.25, 0.3) is 0 Å². The number of aromatic hydroxyl groups is 1. The summed E-state index contributed by atoms with van der Waals surface area (Å²) in [6, 6.07) is 11.7. The van der Waals surface area contributed by atoms with Gasteiger partial charge in [-0.2, -0.15) is 13.2 Å². The van der Waals surface area contributed by atoms with Crippen molar-refractivity contribution in [1.29, 1.82) is 0 Å². The molecular weight excluding hydrogens is 434 g/mol. The smallest absolute Gasteiger partial charge is 0.416 e. The van der Waals surface area contributed by atoms with Crippen molar-refractivity contribution in [1.82, 2.24) is 0 Å². The van der Waals surface area contributed by atoms with Crippen molar-refractivity contribution in [3.05, 3.63) is 80.3 Å². The number of phenolic OH excluding ortho intramolecular Hbond substituents is 1. The molecule has 0 heterocycles. The molecule has 0 radical (unpaired) electrons. The monoisotopic (exact) mass is 443 g/mol. The Morgan fingerprint density at radius 3 is 2.07 bits per heavy atom. The maximum Gasteiger partial charge on any atom is 0.416 e. The predicted molar refractivity (Wildman–Crippen MR) is 102 cm³/mol. The molecule has 150 valence electrons. The van der Waals surface area contributed by atoms with E-state index in [-0.39, 0.29) is 16.9 Å². The molecule has 29 heavy (non-hydrogen) atoms. The molecule has 0 spiro atoms. The Bertz CT molecular complexity index is 1070. The summed E-state index contributed by atoms with van der Waals surface area (Å²) in [5, 5.41) is 20.8. The number of alkyl halides is 3. The normalized spacial score (nSPS) is 11.3. The fraction of sp³-hybridized carbons (Fsp3) is 0.0526. The number of hydrogen-bond acceptors (Lipinski definition) is 4. The van der Waals surface area contributed by atoms with E-state index in [9.17, 15) is 28.4 Å². The van der Waals surface area contributed by atoms with Gasteiger partial charge in [0.15, 0.2) is 0 Å². The molecule has 3 rings (SSSR count). The highest BCUT2D eigenvalue weighted by atomic mass is 35.5. The van der Waals surface area contributed by atoms with Crippen LogP contribution in [0.5, 0.6) is 17.2 Å². The van der Waals surface area contributed by atoms with Crippen molar-refractivity contribution in [2.24, 2.45) is 0 Å². The topological polar surface area (TPSA) is 72.6 Å². The third-order valence-electron chi connectivity index (χ3n) is 3.91. The van der Waals surface area contributed by atoms with Crippen molar-refractivity contribution in [2.75, 3.05) is 0 Å². The van der Waals surface area contributed by atoms with Crippen molar-refractivity contribution >= 4 is 28.9 Å². The number of nitro benzene ring substituents is 1. The summed E-state index contributed by atoms with van der Waals surface area (Å²) in [4.78, 5) is 10.4. The number of para-hydroxylation sites is 1. The van der Waals surface area contributed by atoms with Crippen LogP contribution < -0.4 is 4.74 Å². The van der Waals surface area contributed by atoms with Gasteiger partial charge in [-0.25, -0.2) is 0 Å². The van der Waals surface area contributed by atoms with Gasteiger partial charge in [-0.15, -0.1) is 0 Å². The van der Waals surface area contributed by atoms with Crippen LogP contribution in [-0.2, 0) is 6.18 Å². The lowest BCUT2D eigenvalue weighted by atomic mass is 10.00. The SMILES string of the molecule is O=[N+]([O-])c1ccc(Oc2ccccc2)c(-c2c(Cl)cc(C(F)(F)F)cc2Cl)c1O. The predicted octanol–water partition coefficient (Wildman–Crippen LogP) is 7.09. The van der Waals surface area contributed by atoms with E-state index in [2.05, 4.69) is 0 Å². The molecule has 0 atom stereocenters. The molecule has 0 fully saturated rings. The number of phenols is 1. The highest BCUT2D eigenvalue weighted by molar-refractivity contribution is 6.39. The molecule has 0 aliphatic carbocycles. The average Bonchev–Trinajstić information content (AvgIpc) is 2.63. The first-order chi connectivity index (χ1) is 13.6. The van der Waals surface area contributed by atoms with Gasteiger partial charge >= 0.3 is 11.9 Å². The molecule has 3 aromatic carbocycles. The summed E-state index contributed by atoms with van der Waals surface area (Å²) in [7, 11) is 0. The zero-order chi connectivity index (χ0) is 21.3. The molecule has 0 saturated heterocycles. The van der Waals surface area contributed by atoms with E-state index < -0.39 is 38.1 Å². The lowest BCUT2D eigenvalue weighted by molar-refractivity contribution is -0.385. The second kappa shape index (κ2) is 7.81. The number of nitro groups is 1. The molecule has 0 unspecified atom stereocenters. The van der Waals surface area contributed by atoms with E-state index in [1.165, 1.54) is 6.07 Å². The fourth-order valence-corrected chi connectivity index (χ4v) is 3.30. The molecule has 0 amide bonds. The summed E-state index contributed by atoms with van der Waals surface area (Å²) in [6.07, 6.45) is -4.71. The molecule has 0 bridgehead atoms. The molecule has 5 nitrogen and oxygen atoms in total. The third-order valence-corrected chi connectivity index (χ3v) is 4.50. The summed E-state index contributed by atoms with van der Waals surface area (Å²) < 4.78 is 44.7. The molecule has 0 aliphatic heterocycles. The summed E-state index contributed by atoms with van der Waals surface area (Å²) in [6.45, 7) is 0. The van der Waals surface area contributed by atoms with Crippen molar-refractivity contribution in [2.45, 2.75) is 6.18 Å². The van der Waals surface area contributed by atoms with Crippen LogP contribution in [0.2, 0.25) is 10.0 Å². The van der Waals surface area contributed by atoms with Gasteiger partial charge in [-0.1, -0.05) is 41.4 Å². The Kier molecular flexibility index (Phi) is 5.59. The van der Waals surface area contributed by atoms with E-state index in [0.29, 0.717) is 17.9 Å². The number of benzene rings is 3. The van der Waals surface area contributed by atoms with Gasteiger partial charge in [-0.05, 0) is 30.3 Å². The molecular formula is C19H10Cl2F3NO4. The van der Waals surface area contributed by atoms with E-state index in [1.807, 2.05) is 0 Å². The number of hydrogen-bond donors (Lipinski definition) is 1. The maximum absolute atomic E-state index is 13.0. The standard InChI is InChI=1S/C19H10Cl2F3NO4/c20-12-8-10(19(22,23)24)9-13(21)16(12)17-15(29-11-4-2-1-3-5-11)7-6-14(18(17)26)25(27)28/h1-9,26H. The van der Waals surface area contributed by atoms with Crippen LogP contribution in [0, 0.1) is 10.1 Å². The highest BCUT2D eigenvalue weighted by Gasteiger charge is 2.33. The quantitative estimate of drug-likeness (QED) is 0.345. The van der Waals surface area contributed by atoms with E-state index in [4.69, 9.17) is 27.9 Å². The molecule has 0 saturated carbocycles. The minimum absolute atomic E-state index is 0.0807. The largest absolute Gasteiger partial charge is 0.502 e. The lowest BCUT2D eigenvalue weighted by Crippen LogP contribution is -2.05.